The molecular formula is C14H17N3O. The van der Waals surface area contributed by atoms with Crippen molar-refractivity contribution >= 4 is 11.6 Å². The number of hydrogen-bond donors (Lipinski definition) is 1. The number of hydrogen-bond acceptors (Lipinski definition) is 2. The van der Waals surface area contributed by atoms with Crippen molar-refractivity contribution in [3.8, 4) is 0 Å². The zero-order valence-electron chi connectivity index (χ0n) is 10.5. The summed E-state index contributed by atoms with van der Waals surface area (Å²) in [6.45, 7) is 2.79. The van der Waals surface area contributed by atoms with E-state index in [1.807, 2.05) is 35.0 Å². The van der Waals surface area contributed by atoms with Gasteiger partial charge < -0.3 is 9.72 Å². The molecule has 1 fully saturated rings. The van der Waals surface area contributed by atoms with Crippen LogP contribution in [-0.4, -0.2) is 21.8 Å². The van der Waals surface area contributed by atoms with Crippen molar-refractivity contribution in [2.75, 3.05) is 6.54 Å². The minimum atomic E-state index is 0.200. The second-order valence-corrected chi connectivity index (χ2v) is 5.06. The lowest BCUT2D eigenvalue weighted by Crippen LogP contribution is -2.27. The zero-order valence-corrected chi connectivity index (χ0v) is 10.5. The average molecular weight is 243 g/mol. The van der Waals surface area contributed by atoms with Gasteiger partial charge in [-0.1, -0.05) is 13.0 Å². The Hall–Kier alpha value is -1.84. The van der Waals surface area contributed by atoms with Gasteiger partial charge in [0.1, 0.15) is 5.65 Å². The van der Waals surface area contributed by atoms with Gasteiger partial charge in [0, 0.05) is 31.3 Å². The lowest BCUT2D eigenvalue weighted by molar-refractivity contribution is -0.122. The first-order chi connectivity index (χ1) is 8.74. The highest BCUT2D eigenvalue weighted by Gasteiger charge is 2.38. The fourth-order valence-electron chi connectivity index (χ4n) is 2.24. The maximum Gasteiger partial charge on any atom is 0.223 e. The quantitative estimate of drug-likeness (QED) is 0.887. The highest BCUT2D eigenvalue weighted by molar-refractivity contribution is 5.81. The minimum Gasteiger partial charge on any atom is -0.355 e. The monoisotopic (exact) mass is 243 g/mol. The molecule has 0 bridgehead atoms. The van der Waals surface area contributed by atoms with E-state index < -0.39 is 0 Å². The van der Waals surface area contributed by atoms with Crippen molar-refractivity contribution in [1.29, 1.82) is 0 Å². The summed E-state index contributed by atoms with van der Waals surface area (Å²) in [5.74, 6) is 1.03. The molecule has 2 heterocycles. The van der Waals surface area contributed by atoms with Gasteiger partial charge >= 0.3 is 0 Å². The van der Waals surface area contributed by atoms with E-state index in [4.69, 9.17) is 0 Å². The van der Waals surface area contributed by atoms with E-state index in [0.717, 1.165) is 24.2 Å². The van der Waals surface area contributed by atoms with Crippen LogP contribution < -0.4 is 5.32 Å². The molecule has 3 rings (SSSR count). The van der Waals surface area contributed by atoms with E-state index in [2.05, 4.69) is 17.2 Å². The molecule has 18 heavy (non-hydrogen) atoms. The Labute approximate surface area is 106 Å². The molecule has 1 aliphatic rings. The number of pyridine rings is 1. The first kappa shape index (κ1) is 11.3. The number of aromatic nitrogens is 2. The molecule has 0 saturated heterocycles. The molecule has 2 atom stereocenters. The Bertz CT molecular complexity index is 542. The molecule has 2 aromatic rings. The maximum atomic E-state index is 11.6. The van der Waals surface area contributed by atoms with Gasteiger partial charge in [-0.3, -0.25) is 4.79 Å². The van der Waals surface area contributed by atoms with Gasteiger partial charge in [-0.15, -0.1) is 0 Å². The van der Waals surface area contributed by atoms with E-state index in [0.29, 0.717) is 12.5 Å². The number of carbonyl (C=O) groups is 1. The Kier molecular flexibility index (Phi) is 2.78. The third-order valence-electron chi connectivity index (χ3n) is 3.54. The molecule has 1 aliphatic carbocycles. The van der Waals surface area contributed by atoms with Crippen LogP contribution >= 0.6 is 0 Å². The third kappa shape index (κ3) is 2.23. The zero-order chi connectivity index (χ0) is 12.5. The number of rotatable bonds is 4. The van der Waals surface area contributed by atoms with Crippen LogP contribution in [0.15, 0.2) is 30.6 Å². The fraction of sp³-hybridized carbons (Fsp3) is 0.429. The smallest absolute Gasteiger partial charge is 0.223 e. The Balaban J connectivity index is 1.55. The van der Waals surface area contributed by atoms with Gasteiger partial charge in [0.25, 0.3) is 0 Å². The third-order valence-corrected chi connectivity index (χ3v) is 3.54. The van der Waals surface area contributed by atoms with E-state index >= 15 is 0 Å². The summed E-state index contributed by atoms with van der Waals surface area (Å²) in [5.41, 5.74) is 1.97. The standard InChI is InChI=1S/C14H17N3O/c1-10-8-12(10)14(18)15-6-5-11-9-17-7-3-2-4-13(17)16-11/h2-4,7,9-10,12H,5-6,8H2,1H3,(H,15,18)/t10-,12+/m0/s1. The van der Waals surface area contributed by atoms with Crippen LogP contribution in [0.5, 0.6) is 0 Å². The highest BCUT2D eigenvalue weighted by Crippen LogP contribution is 2.37. The van der Waals surface area contributed by atoms with Crippen molar-refractivity contribution in [1.82, 2.24) is 14.7 Å². The highest BCUT2D eigenvalue weighted by atomic mass is 16.2. The lowest BCUT2D eigenvalue weighted by atomic mass is 10.3. The fourth-order valence-corrected chi connectivity index (χ4v) is 2.24. The number of nitrogens with zero attached hydrogens (tertiary/aromatic N) is 2. The summed E-state index contributed by atoms with van der Waals surface area (Å²) in [5, 5.41) is 2.98. The molecule has 1 N–H and O–H groups in total. The topological polar surface area (TPSA) is 46.4 Å². The first-order valence-corrected chi connectivity index (χ1v) is 6.44. The molecule has 0 aliphatic heterocycles. The van der Waals surface area contributed by atoms with Crippen molar-refractivity contribution in [2.24, 2.45) is 11.8 Å². The molecule has 1 saturated carbocycles. The van der Waals surface area contributed by atoms with E-state index in [9.17, 15) is 4.79 Å². The van der Waals surface area contributed by atoms with Gasteiger partial charge in [0.05, 0.1) is 5.69 Å². The van der Waals surface area contributed by atoms with E-state index in [1.54, 1.807) is 0 Å². The predicted octanol–water partition coefficient (Wildman–Crippen LogP) is 1.65. The second kappa shape index (κ2) is 4.44. The summed E-state index contributed by atoms with van der Waals surface area (Å²) < 4.78 is 2.00. The van der Waals surface area contributed by atoms with Crippen LogP contribution in [0.4, 0.5) is 0 Å². The van der Waals surface area contributed by atoms with Crippen molar-refractivity contribution < 1.29 is 4.79 Å². The van der Waals surface area contributed by atoms with Crippen LogP contribution in [0.1, 0.15) is 19.0 Å². The number of fused-ring (bicyclic) bond motifs is 1. The maximum absolute atomic E-state index is 11.6. The van der Waals surface area contributed by atoms with Gasteiger partial charge in [-0.2, -0.15) is 0 Å². The molecular weight excluding hydrogens is 226 g/mol. The Morgan fingerprint density at radius 1 is 1.56 bits per heavy atom. The van der Waals surface area contributed by atoms with Gasteiger partial charge in [0.15, 0.2) is 0 Å². The molecule has 0 spiro atoms. The molecule has 2 aromatic heterocycles. The number of amides is 1. The average Bonchev–Trinajstić information content (AvgIpc) is 2.95. The van der Waals surface area contributed by atoms with Crippen molar-refractivity contribution in [3.05, 3.63) is 36.3 Å². The van der Waals surface area contributed by atoms with Crippen LogP contribution in [0, 0.1) is 11.8 Å². The Morgan fingerprint density at radius 2 is 2.39 bits per heavy atom. The number of imidazole rings is 1. The Morgan fingerprint density at radius 3 is 3.11 bits per heavy atom. The lowest BCUT2D eigenvalue weighted by Gasteiger charge is -2.02. The van der Waals surface area contributed by atoms with Crippen LogP contribution in [0.25, 0.3) is 5.65 Å². The molecule has 94 valence electrons. The molecule has 4 heteroatoms. The van der Waals surface area contributed by atoms with Crippen LogP contribution in [0.2, 0.25) is 0 Å². The van der Waals surface area contributed by atoms with Gasteiger partial charge in [-0.05, 0) is 24.5 Å². The molecule has 1 amide bonds. The summed E-state index contributed by atoms with van der Waals surface area (Å²) >= 11 is 0. The first-order valence-electron chi connectivity index (χ1n) is 6.44. The molecule has 4 nitrogen and oxygen atoms in total. The van der Waals surface area contributed by atoms with Crippen molar-refractivity contribution in [2.45, 2.75) is 19.8 Å². The molecule has 0 radical (unpaired) electrons. The summed E-state index contributed by atoms with van der Waals surface area (Å²) in [6.07, 6.45) is 5.83. The SMILES string of the molecule is C[C@H]1C[C@H]1C(=O)NCCc1cn2ccccc2n1. The number of nitrogens with one attached hydrogen (secondary N) is 1. The van der Waals surface area contributed by atoms with E-state index in [1.165, 1.54) is 0 Å². The molecule has 0 unspecified atom stereocenters. The second-order valence-electron chi connectivity index (χ2n) is 5.06. The largest absolute Gasteiger partial charge is 0.355 e. The van der Waals surface area contributed by atoms with Crippen LogP contribution in [0.3, 0.4) is 0 Å². The minimum absolute atomic E-state index is 0.200. The van der Waals surface area contributed by atoms with E-state index in [-0.39, 0.29) is 11.8 Å². The van der Waals surface area contributed by atoms with Crippen molar-refractivity contribution in [3.63, 3.8) is 0 Å². The number of carbonyl (C=O) groups excluding carboxylic acids is 1. The normalized spacial score (nSPS) is 22.1. The van der Waals surface area contributed by atoms with Gasteiger partial charge in [0.2, 0.25) is 5.91 Å². The predicted molar refractivity (Wildman–Crippen MR) is 69.2 cm³/mol. The van der Waals surface area contributed by atoms with Gasteiger partial charge in [-0.25, -0.2) is 4.98 Å². The molecule has 0 aromatic carbocycles. The summed E-state index contributed by atoms with van der Waals surface area (Å²) in [4.78, 5) is 16.1. The summed E-state index contributed by atoms with van der Waals surface area (Å²) in [6, 6.07) is 5.94. The van der Waals surface area contributed by atoms with Crippen LogP contribution in [-0.2, 0) is 11.2 Å². The summed E-state index contributed by atoms with van der Waals surface area (Å²) in [7, 11) is 0.